The van der Waals surface area contributed by atoms with Gasteiger partial charge in [-0.3, -0.25) is 4.79 Å². The highest BCUT2D eigenvalue weighted by Gasteiger charge is 2.32. The molecule has 0 N–H and O–H groups in total. The summed E-state index contributed by atoms with van der Waals surface area (Å²) in [6, 6.07) is 14.7. The van der Waals surface area contributed by atoms with Gasteiger partial charge in [0.05, 0.1) is 12.5 Å². The van der Waals surface area contributed by atoms with Crippen LogP contribution in [0.1, 0.15) is 17.0 Å². The van der Waals surface area contributed by atoms with Crippen LogP contribution >= 0.6 is 23.2 Å². The molecule has 1 aliphatic rings. The lowest BCUT2D eigenvalue weighted by Gasteiger charge is -2.31. The second-order valence-electron chi connectivity index (χ2n) is 5.63. The zero-order valence-electron chi connectivity index (χ0n) is 12.9. The predicted molar refractivity (Wildman–Crippen MR) is 99.0 cm³/mol. The largest absolute Gasteiger partial charge is 0.365 e. The minimum Gasteiger partial charge on any atom is -0.365 e. The third-order valence-electron chi connectivity index (χ3n) is 4.02. The third-order valence-corrected chi connectivity index (χ3v) is 4.60. The summed E-state index contributed by atoms with van der Waals surface area (Å²) in [5, 5.41) is 1.17. The molecular weight excluding hydrogens is 341 g/mol. The minimum absolute atomic E-state index is 0.0265. The molecule has 1 atom stereocenters. The fourth-order valence-electron chi connectivity index (χ4n) is 2.90. The molecule has 4 heteroatoms. The Labute approximate surface area is 151 Å². The smallest absolute Gasteiger partial charge is 0.174 e. The zero-order chi connectivity index (χ0) is 17.1. The number of nitrogens with zero attached hydrogens (tertiary/aromatic N) is 1. The first-order valence-electron chi connectivity index (χ1n) is 7.54. The van der Waals surface area contributed by atoms with E-state index in [1.807, 2.05) is 41.4 Å². The standard InChI is InChI=1S/C20H15Cl2NO/c1-2-10-23-12-17(14-6-5-7-15(21)11-14)20(24)18(13-23)16-8-3-4-9-19(16)22/h1,3-9,11-12,18H,10,13H2. The van der Waals surface area contributed by atoms with E-state index >= 15 is 0 Å². The van der Waals surface area contributed by atoms with Gasteiger partial charge >= 0.3 is 0 Å². The van der Waals surface area contributed by atoms with Gasteiger partial charge in [-0.05, 0) is 29.3 Å². The van der Waals surface area contributed by atoms with Gasteiger partial charge in [-0.25, -0.2) is 0 Å². The highest BCUT2D eigenvalue weighted by molar-refractivity contribution is 6.33. The lowest BCUT2D eigenvalue weighted by molar-refractivity contribution is -0.115. The number of rotatable bonds is 3. The third kappa shape index (κ3) is 3.33. The molecule has 1 unspecified atom stereocenters. The summed E-state index contributed by atoms with van der Waals surface area (Å²) in [4.78, 5) is 15.1. The van der Waals surface area contributed by atoms with Crippen LogP contribution in [0.5, 0.6) is 0 Å². The van der Waals surface area contributed by atoms with Crippen molar-refractivity contribution in [1.29, 1.82) is 0 Å². The van der Waals surface area contributed by atoms with Gasteiger partial charge in [-0.15, -0.1) is 6.42 Å². The molecule has 0 bridgehead atoms. The van der Waals surface area contributed by atoms with Crippen LogP contribution in [0.2, 0.25) is 10.0 Å². The summed E-state index contributed by atoms with van der Waals surface area (Å²) < 4.78 is 0. The number of hydrogen-bond donors (Lipinski definition) is 0. The van der Waals surface area contributed by atoms with Crippen molar-refractivity contribution in [3.05, 3.63) is 75.9 Å². The zero-order valence-corrected chi connectivity index (χ0v) is 14.4. The van der Waals surface area contributed by atoms with E-state index in [0.717, 1.165) is 11.1 Å². The Hall–Kier alpha value is -2.21. The van der Waals surface area contributed by atoms with Gasteiger partial charge in [0, 0.05) is 28.4 Å². The Morgan fingerprint density at radius 2 is 1.96 bits per heavy atom. The van der Waals surface area contributed by atoms with Crippen molar-refractivity contribution in [2.45, 2.75) is 5.92 Å². The average molecular weight is 356 g/mol. The number of allylic oxidation sites excluding steroid dienone is 1. The highest BCUT2D eigenvalue weighted by Crippen LogP contribution is 2.34. The van der Waals surface area contributed by atoms with Gasteiger partial charge in [0.25, 0.3) is 0 Å². The number of carbonyl (C=O) groups is 1. The number of Topliss-reactive ketones (excluding diaryl/α,β-unsaturated/α-hetero) is 1. The summed E-state index contributed by atoms with van der Waals surface area (Å²) in [5.41, 5.74) is 2.20. The molecule has 0 fully saturated rings. The molecule has 2 aromatic carbocycles. The molecule has 0 aromatic heterocycles. The average Bonchev–Trinajstić information content (AvgIpc) is 2.57. The molecule has 0 amide bonds. The van der Waals surface area contributed by atoms with E-state index in [4.69, 9.17) is 29.6 Å². The Balaban J connectivity index is 2.06. The summed E-state index contributed by atoms with van der Waals surface area (Å²) >= 11 is 12.4. The maximum Gasteiger partial charge on any atom is 0.174 e. The van der Waals surface area contributed by atoms with Gasteiger partial charge in [-0.2, -0.15) is 0 Å². The van der Waals surface area contributed by atoms with Crippen molar-refractivity contribution >= 4 is 34.6 Å². The Bertz CT molecular complexity index is 851. The Kier molecular flexibility index (Phi) is 4.94. The van der Waals surface area contributed by atoms with Crippen LogP contribution in [0, 0.1) is 12.3 Å². The fraction of sp³-hybridized carbons (Fsp3) is 0.150. The number of carbonyl (C=O) groups excluding carboxylic acids is 1. The molecule has 0 spiro atoms. The topological polar surface area (TPSA) is 20.3 Å². The monoisotopic (exact) mass is 355 g/mol. The van der Waals surface area contributed by atoms with E-state index in [-0.39, 0.29) is 11.7 Å². The van der Waals surface area contributed by atoms with Crippen molar-refractivity contribution in [3.63, 3.8) is 0 Å². The minimum atomic E-state index is -0.356. The highest BCUT2D eigenvalue weighted by atomic mass is 35.5. The first-order chi connectivity index (χ1) is 11.6. The Morgan fingerprint density at radius 1 is 1.17 bits per heavy atom. The van der Waals surface area contributed by atoms with Crippen molar-refractivity contribution < 1.29 is 4.79 Å². The van der Waals surface area contributed by atoms with Crippen molar-refractivity contribution in [2.75, 3.05) is 13.1 Å². The van der Waals surface area contributed by atoms with Gasteiger partial charge in [0.15, 0.2) is 5.78 Å². The second-order valence-corrected chi connectivity index (χ2v) is 6.47. The van der Waals surface area contributed by atoms with Crippen molar-refractivity contribution in [2.24, 2.45) is 0 Å². The molecule has 0 saturated carbocycles. The summed E-state index contributed by atoms with van der Waals surface area (Å²) in [6.45, 7) is 0.940. The number of halogens is 2. The van der Waals surface area contributed by atoms with E-state index < -0.39 is 0 Å². The molecule has 1 aliphatic heterocycles. The summed E-state index contributed by atoms with van der Waals surface area (Å²) in [6.07, 6.45) is 7.28. The van der Waals surface area contributed by atoms with Crippen LogP contribution in [-0.4, -0.2) is 23.8 Å². The first-order valence-corrected chi connectivity index (χ1v) is 8.29. The number of benzene rings is 2. The van der Waals surface area contributed by atoms with E-state index in [1.54, 1.807) is 18.2 Å². The quantitative estimate of drug-likeness (QED) is 0.747. The molecule has 24 heavy (non-hydrogen) atoms. The molecule has 0 aliphatic carbocycles. The maximum absolute atomic E-state index is 13.1. The molecule has 2 aromatic rings. The molecule has 120 valence electrons. The van der Waals surface area contributed by atoms with E-state index in [1.165, 1.54) is 0 Å². The molecule has 1 heterocycles. The van der Waals surface area contributed by atoms with Crippen LogP contribution in [0.15, 0.2) is 54.7 Å². The molecular formula is C20H15Cl2NO. The summed E-state index contributed by atoms with van der Waals surface area (Å²) in [7, 11) is 0. The first kappa shape index (κ1) is 16.6. The lowest BCUT2D eigenvalue weighted by atomic mass is 9.85. The number of ketones is 1. The van der Waals surface area contributed by atoms with Crippen LogP contribution in [0.3, 0.4) is 0 Å². The van der Waals surface area contributed by atoms with Gasteiger partial charge in [0.1, 0.15) is 0 Å². The second kappa shape index (κ2) is 7.13. The lowest BCUT2D eigenvalue weighted by Crippen LogP contribution is -2.34. The molecule has 0 saturated heterocycles. The van der Waals surface area contributed by atoms with Gasteiger partial charge in [-0.1, -0.05) is 59.5 Å². The van der Waals surface area contributed by atoms with Crippen LogP contribution in [0.4, 0.5) is 0 Å². The molecule has 3 rings (SSSR count). The normalized spacial score (nSPS) is 17.4. The molecule has 2 nitrogen and oxygen atoms in total. The number of terminal acetylenes is 1. The van der Waals surface area contributed by atoms with Gasteiger partial charge in [0.2, 0.25) is 0 Å². The van der Waals surface area contributed by atoms with Gasteiger partial charge < -0.3 is 4.90 Å². The van der Waals surface area contributed by atoms with Crippen molar-refractivity contribution in [1.82, 2.24) is 4.90 Å². The Morgan fingerprint density at radius 3 is 2.67 bits per heavy atom. The van der Waals surface area contributed by atoms with E-state index in [0.29, 0.717) is 28.7 Å². The van der Waals surface area contributed by atoms with Crippen molar-refractivity contribution in [3.8, 4) is 12.3 Å². The van der Waals surface area contributed by atoms with Crippen LogP contribution < -0.4 is 0 Å². The van der Waals surface area contributed by atoms with E-state index in [9.17, 15) is 4.79 Å². The maximum atomic E-state index is 13.1. The molecule has 0 radical (unpaired) electrons. The number of hydrogen-bond acceptors (Lipinski definition) is 2. The predicted octanol–water partition coefficient (Wildman–Crippen LogP) is 4.64. The van der Waals surface area contributed by atoms with Crippen LogP contribution in [-0.2, 0) is 4.79 Å². The fourth-order valence-corrected chi connectivity index (χ4v) is 3.36. The SMILES string of the molecule is C#CCN1C=C(c2cccc(Cl)c2)C(=O)C(c2ccccc2Cl)C1. The van der Waals surface area contributed by atoms with Crippen LogP contribution in [0.25, 0.3) is 5.57 Å². The van der Waals surface area contributed by atoms with E-state index in [2.05, 4.69) is 5.92 Å². The summed E-state index contributed by atoms with van der Waals surface area (Å²) in [5.74, 6) is 2.30.